The van der Waals surface area contributed by atoms with Crippen LogP contribution in [0.4, 0.5) is 8.78 Å². The van der Waals surface area contributed by atoms with Gasteiger partial charge in [0, 0.05) is 5.54 Å². The highest BCUT2D eigenvalue weighted by molar-refractivity contribution is 9.10. The molecule has 0 aliphatic rings. The Morgan fingerprint density at radius 2 is 1.90 bits per heavy atom. The van der Waals surface area contributed by atoms with Crippen molar-refractivity contribution in [2.75, 3.05) is 0 Å². The molecule has 0 aliphatic heterocycles. The van der Waals surface area contributed by atoms with Gasteiger partial charge in [0.15, 0.2) is 0 Å². The van der Waals surface area contributed by atoms with Crippen LogP contribution in [0.15, 0.2) is 46.9 Å². The van der Waals surface area contributed by atoms with E-state index in [4.69, 9.17) is 5.73 Å². The lowest BCUT2D eigenvalue weighted by Gasteiger charge is -2.29. The molecule has 2 aromatic rings. The molecule has 0 aliphatic carbocycles. The molecule has 2 rings (SSSR count). The minimum atomic E-state index is -0.667. The first kappa shape index (κ1) is 15.1. The van der Waals surface area contributed by atoms with Crippen LogP contribution in [0.2, 0.25) is 0 Å². The molecule has 1 nitrogen and oxygen atoms in total. The SMILES string of the molecule is CCC(N)(Cc1ccc(F)c(Br)c1)c1cccc(F)c1. The molecule has 2 aromatic carbocycles. The molecule has 4 heteroatoms. The summed E-state index contributed by atoms with van der Waals surface area (Å²) in [6.07, 6.45) is 1.18. The second-order valence-electron chi connectivity index (χ2n) is 4.95. The molecule has 0 fully saturated rings. The number of nitrogens with two attached hydrogens (primary N) is 1. The molecule has 1 atom stereocenters. The van der Waals surface area contributed by atoms with E-state index < -0.39 is 5.54 Å². The summed E-state index contributed by atoms with van der Waals surface area (Å²) in [5, 5.41) is 0. The minimum absolute atomic E-state index is 0.300. The first-order chi connectivity index (χ1) is 9.44. The van der Waals surface area contributed by atoms with Crippen LogP contribution < -0.4 is 5.73 Å². The summed E-state index contributed by atoms with van der Waals surface area (Å²) < 4.78 is 27.0. The lowest BCUT2D eigenvalue weighted by atomic mass is 9.82. The average Bonchev–Trinajstić information content (AvgIpc) is 2.43. The molecule has 0 saturated heterocycles. The number of benzene rings is 2. The van der Waals surface area contributed by atoms with Crippen molar-refractivity contribution in [2.45, 2.75) is 25.3 Å². The summed E-state index contributed by atoms with van der Waals surface area (Å²) in [6.45, 7) is 1.96. The van der Waals surface area contributed by atoms with Crippen molar-refractivity contribution in [2.24, 2.45) is 5.73 Å². The van der Waals surface area contributed by atoms with Gasteiger partial charge in [-0.25, -0.2) is 8.78 Å². The first-order valence-electron chi connectivity index (χ1n) is 6.43. The monoisotopic (exact) mass is 339 g/mol. The zero-order valence-electron chi connectivity index (χ0n) is 11.2. The van der Waals surface area contributed by atoms with Crippen LogP contribution in [0.3, 0.4) is 0 Å². The molecule has 0 spiro atoms. The van der Waals surface area contributed by atoms with Gasteiger partial charge in [-0.2, -0.15) is 0 Å². The predicted octanol–water partition coefficient (Wildman–Crippen LogP) is 4.53. The molecule has 0 radical (unpaired) electrons. The van der Waals surface area contributed by atoms with Crippen LogP contribution in [-0.2, 0) is 12.0 Å². The van der Waals surface area contributed by atoms with E-state index in [1.165, 1.54) is 18.2 Å². The Balaban J connectivity index is 2.33. The summed E-state index contributed by atoms with van der Waals surface area (Å²) in [5.74, 6) is -0.607. The molecule has 0 bridgehead atoms. The average molecular weight is 340 g/mol. The lowest BCUT2D eigenvalue weighted by Crippen LogP contribution is -2.38. The fourth-order valence-electron chi connectivity index (χ4n) is 2.24. The van der Waals surface area contributed by atoms with Gasteiger partial charge in [-0.1, -0.05) is 25.1 Å². The molecule has 0 amide bonds. The molecule has 0 saturated carbocycles. The quantitative estimate of drug-likeness (QED) is 0.869. The van der Waals surface area contributed by atoms with Crippen LogP contribution in [0.1, 0.15) is 24.5 Å². The molecule has 20 heavy (non-hydrogen) atoms. The Hall–Kier alpha value is -1.26. The largest absolute Gasteiger partial charge is 0.321 e. The number of hydrogen-bond acceptors (Lipinski definition) is 1. The van der Waals surface area contributed by atoms with Crippen molar-refractivity contribution >= 4 is 15.9 Å². The van der Waals surface area contributed by atoms with E-state index in [0.717, 1.165) is 11.1 Å². The fraction of sp³-hybridized carbons (Fsp3) is 0.250. The van der Waals surface area contributed by atoms with Gasteiger partial charge in [-0.3, -0.25) is 0 Å². The number of halogens is 3. The third kappa shape index (κ3) is 3.25. The van der Waals surface area contributed by atoms with Crippen LogP contribution in [0, 0.1) is 11.6 Å². The van der Waals surface area contributed by atoms with Gasteiger partial charge in [-0.15, -0.1) is 0 Å². The maximum absolute atomic E-state index is 13.4. The van der Waals surface area contributed by atoms with Crippen LogP contribution in [0.5, 0.6) is 0 Å². The van der Waals surface area contributed by atoms with E-state index in [9.17, 15) is 8.78 Å². The van der Waals surface area contributed by atoms with E-state index >= 15 is 0 Å². The topological polar surface area (TPSA) is 26.0 Å². The smallest absolute Gasteiger partial charge is 0.137 e. The summed E-state index contributed by atoms with van der Waals surface area (Å²) >= 11 is 3.17. The predicted molar refractivity (Wildman–Crippen MR) is 80.4 cm³/mol. The van der Waals surface area contributed by atoms with Crippen molar-refractivity contribution in [3.05, 3.63) is 69.7 Å². The number of rotatable bonds is 4. The van der Waals surface area contributed by atoms with E-state index in [1.54, 1.807) is 18.2 Å². The Morgan fingerprint density at radius 1 is 1.15 bits per heavy atom. The summed E-state index contributed by atoms with van der Waals surface area (Å²) in [4.78, 5) is 0. The Morgan fingerprint density at radius 3 is 2.50 bits per heavy atom. The Bertz CT molecular complexity index is 615. The van der Waals surface area contributed by atoms with E-state index in [-0.39, 0.29) is 11.6 Å². The molecule has 0 aromatic heterocycles. The normalized spacial score (nSPS) is 14.1. The van der Waals surface area contributed by atoms with Crippen LogP contribution in [-0.4, -0.2) is 0 Å². The van der Waals surface area contributed by atoms with Gasteiger partial charge in [0.1, 0.15) is 11.6 Å². The Labute approximate surface area is 125 Å². The van der Waals surface area contributed by atoms with Gasteiger partial charge in [-0.05, 0) is 64.2 Å². The second-order valence-corrected chi connectivity index (χ2v) is 5.80. The number of hydrogen-bond donors (Lipinski definition) is 1. The summed E-state index contributed by atoms with van der Waals surface area (Å²) in [7, 11) is 0. The van der Waals surface area contributed by atoms with E-state index in [0.29, 0.717) is 17.3 Å². The first-order valence-corrected chi connectivity index (χ1v) is 7.23. The maximum atomic E-state index is 13.4. The highest BCUT2D eigenvalue weighted by atomic mass is 79.9. The lowest BCUT2D eigenvalue weighted by molar-refractivity contribution is 0.422. The van der Waals surface area contributed by atoms with Crippen molar-refractivity contribution in [3.8, 4) is 0 Å². The van der Waals surface area contributed by atoms with Gasteiger partial charge in [0.25, 0.3) is 0 Å². The second kappa shape index (κ2) is 6.02. The highest BCUT2D eigenvalue weighted by Crippen LogP contribution is 2.28. The van der Waals surface area contributed by atoms with Crippen LogP contribution >= 0.6 is 15.9 Å². The molecular weight excluding hydrogens is 324 g/mol. The van der Waals surface area contributed by atoms with Gasteiger partial charge >= 0.3 is 0 Å². The van der Waals surface area contributed by atoms with Gasteiger partial charge in [0.2, 0.25) is 0 Å². The third-order valence-electron chi connectivity index (χ3n) is 3.53. The zero-order chi connectivity index (χ0) is 14.8. The van der Waals surface area contributed by atoms with Crippen molar-refractivity contribution in [1.29, 1.82) is 0 Å². The zero-order valence-corrected chi connectivity index (χ0v) is 12.8. The minimum Gasteiger partial charge on any atom is -0.321 e. The maximum Gasteiger partial charge on any atom is 0.137 e. The van der Waals surface area contributed by atoms with Gasteiger partial charge in [0.05, 0.1) is 4.47 Å². The highest BCUT2D eigenvalue weighted by Gasteiger charge is 2.26. The van der Waals surface area contributed by atoms with Crippen molar-refractivity contribution < 1.29 is 8.78 Å². The molecular formula is C16H16BrF2N. The van der Waals surface area contributed by atoms with Crippen molar-refractivity contribution in [3.63, 3.8) is 0 Å². The molecule has 106 valence electrons. The van der Waals surface area contributed by atoms with E-state index in [2.05, 4.69) is 15.9 Å². The summed E-state index contributed by atoms with van der Waals surface area (Å²) in [6, 6.07) is 11.2. The van der Waals surface area contributed by atoms with Crippen molar-refractivity contribution in [1.82, 2.24) is 0 Å². The van der Waals surface area contributed by atoms with Crippen LogP contribution in [0.25, 0.3) is 0 Å². The molecule has 2 N–H and O–H groups in total. The summed E-state index contributed by atoms with van der Waals surface area (Å²) in [5.41, 5.74) is 7.42. The van der Waals surface area contributed by atoms with E-state index in [1.807, 2.05) is 13.0 Å². The standard InChI is InChI=1S/C16H16BrF2N/c1-2-16(20,12-4-3-5-13(18)9-12)10-11-6-7-15(19)14(17)8-11/h3-9H,2,10,20H2,1H3. The Kier molecular flexibility index (Phi) is 4.55. The molecule has 0 heterocycles. The fourth-order valence-corrected chi connectivity index (χ4v) is 2.67. The third-order valence-corrected chi connectivity index (χ3v) is 4.14. The molecule has 1 unspecified atom stereocenters. The van der Waals surface area contributed by atoms with Gasteiger partial charge < -0.3 is 5.73 Å².